The van der Waals surface area contributed by atoms with E-state index in [9.17, 15) is 4.79 Å². The number of Topliss-reactive ketones (excluding diaryl/α,β-unsaturated/α-hetero) is 1. The van der Waals surface area contributed by atoms with E-state index in [2.05, 4.69) is 23.9 Å². The molecule has 1 aliphatic rings. The van der Waals surface area contributed by atoms with Crippen molar-refractivity contribution in [3.63, 3.8) is 0 Å². The third kappa shape index (κ3) is 2.70. The molecule has 1 aromatic rings. The third-order valence-electron chi connectivity index (χ3n) is 3.20. The van der Waals surface area contributed by atoms with E-state index in [-0.39, 0.29) is 5.78 Å². The van der Waals surface area contributed by atoms with Gasteiger partial charge in [0.05, 0.1) is 4.88 Å². The average Bonchev–Trinajstić information content (AvgIpc) is 2.76. The molecule has 4 heteroatoms. The fourth-order valence-corrected chi connectivity index (χ4v) is 2.75. The summed E-state index contributed by atoms with van der Waals surface area (Å²) in [5, 5.41) is 1.96. The summed E-state index contributed by atoms with van der Waals surface area (Å²) in [6, 6.07) is 4.22. The third-order valence-corrected chi connectivity index (χ3v) is 4.11. The number of hydrogen-bond donors (Lipinski definition) is 0. The van der Waals surface area contributed by atoms with Crippen molar-refractivity contribution < 1.29 is 4.79 Å². The zero-order chi connectivity index (χ0) is 11.5. The SMILES string of the molecule is CN1CCN(C)C(CC(=O)c2cccs2)C1. The lowest BCUT2D eigenvalue weighted by Gasteiger charge is -2.37. The van der Waals surface area contributed by atoms with Crippen molar-refractivity contribution in [2.45, 2.75) is 12.5 Å². The predicted molar refractivity (Wildman–Crippen MR) is 67.2 cm³/mol. The number of nitrogens with zero attached hydrogens (tertiary/aromatic N) is 2. The molecule has 16 heavy (non-hydrogen) atoms. The molecule has 1 aliphatic heterocycles. The maximum absolute atomic E-state index is 12.0. The summed E-state index contributed by atoms with van der Waals surface area (Å²) >= 11 is 1.54. The molecule has 1 saturated heterocycles. The second-order valence-electron chi connectivity index (χ2n) is 4.50. The summed E-state index contributed by atoms with van der Waals surface area (Å²) in [4.78, 5) is 17.5. The summed E-state index contributed by atoms with van der Waals surface area (Å²) < 4.78 is 0. The zero-order valence-corrected chi connectivity index (χ0v) is 10.7. The summed E-state index contributed by atoms with van der Waals surface area (Å²) in [5.41, 5.74) is 0. The minimum atomic E-state index is 0.280. The van der Waals surface area contributed by atoms with E-state index in [1.807, 2.05) is 17.5 Å². The van der Waals surface area contributed by atoms with Gasteiger partial charge in [0, 0.05) is 32.1 Å². The van der Waals surface area contributed by atoms with Crippen molar-refractivity contribution >= 4 is 17.1 Å². The number of carbonyl (C=O) groups is 1. The van der Waals surface area contributed by atoms with Crippen LogP contribution in [0.25, 0.3) is 0 Å². The van der Waals surface area contributed by atoms with E-state index in [0.29, 0.717) is 12.5 Å². The maximum atomic E-state index is 12.0. The predicted octanol–water partition coefficient (Wildman–Crippen LogP) is 1.57. The Morgan fingerprint density at radius 3 is 3.00 bits per heavy atom. The highest BCUT2D eigenvalue weighted by Crippen LogP contribution is 2.16. The van der Waals surface area contributed by atoms with Gasteiger partial charge in [-0.25, -0.2) is 0 Å². The average molecular weight is 238 g/mol. The molecule has 88 valence electrons. The second kappa shape index (κ2) is 5.08. The van der Waals surface area contributed by atoms with Gasteiger partial charge < -0.3 is 9.80 Å². The van der Waals surface area contributed by atoms with Gasteiger partial charge in [-0.05, 0) is 25.5 Å². The van der Waals surface area contributed by atoms with Crippen LogP contribution < -0.4 is 0 Å². The van der Waals surface area contributed by atoms with Crippen LogP contribution in [0, 0.1) is 0 Å². The fraction of sp³-hybridized carbons (Fsp3) is 0.583. The first-order valence-corrected chi connectivity index (χ1v) is 6.50. The number of likely N-dealkylation sites (N-methyl/N-ethyl adjacent to an activating group) is 2. The van der Waals surface area contributed by atoms with Crippen molar-refractivity contribution in [3.8, 4) is 0 Å². The quantitative estimate of drug-likeness (QED) is 0.747. The van der Waals surface area contributed by atoms with Crippen LogP contribution in [0.2, 0.25) is 0 Å². The Labute approximate surface area is 101 Å². The number of thiophene rings is 1. The van der Waals surface area contributed by atoms with E-state index in [1.165, 1.54) is 11.3 Å². The molecule has 0 N–H and O–H groups in total. The molecule has 0 amide bonds. The van der Waals surface area contributed by atoms with E-state index in [1.54, 1.807) is 0 Å². The van der Waals surface area contributed by atoms with E-state index >= 15 is 0 Å². The van der Waals surface area contributed by atoms with E-state index < -0.39 is 0 Å². The van der Waals surface area contributed by atoms with Crippen LogP contribution in [0.5, 0.6) is 0 Å². The molecule has 0 radical (unpaired) electrons. The highest BCUT2D eigenvalue weighted by molar-refractivity contribution is 7.12. The van der Waals surface area contributed by atoms with Gasteiger partial charge in [0.1, 0.15) is 0 Å². The topological polar surface area (TPSA) is 23.6 Å². The molecule has 2 heterocycles. The summed E-state index contributed by atoms with van der Waals surface area (Å²) in [5.74, 6) is 0.280. The van der Waals surface area contributed by atoms with E-state index in [0.717, 1.165) is 24.5 Å². The van der Waals surface area contributed by atoms with Gasteiger partial charge in [-0.2, -0.15) is 0 Å². The standard InChI is InChI=1S/C12H18N2OS/c1-13-5-6-14(2)10(9-13)8-11(15)12-4-3-7-16-12/h3-4,7,10H,5-6,8-9H2,1-2H3. The highest BCUT2D eigenvalue weighted by Gasteiger charge is 2.24. The normalized spacial score (nSPS) is 23.5. The molecule has 0 aromatic carbocycles. The Kier molecular flexibility index (Phi) is 3.74. The number of piperazine rings is 1. The summed E-state index contributed by atoms with van der Waals surface area (Å²) in [6.45, 7) is 3.15. The molecule has 0 bridgehead atoms. The van der Waals surface area contributed by atoms with Crippen molar-refractivity contribution in [3.05, 3.63) is 22.4 Å². The van der Waals surface area contributed by atoms with Gasteiger partial charge in [-0.15, -0.1) is 11.3 Å². The van der Waals surface area contributed by atoms with Gasteiger partial charge in [0.25, 0.3) is 0 Å². The smallest absolute Gasteiger partial charge is 0.174 e. The van der Waals surface area contributed by atoms with Crippen molar-refractivity contribution in [1.82, 2.24) is 9.80 Å². The molecule has 3 nitrogen and oxygen atoms in total. The number of carbonyl (C=O) groups excluding carboxylic acids is 1. The number of ketones is 1. The minimum absolute atomic E-state index is 0.280. The fourth-order valence-electron chi connectivity index (χ4n) is 2.07. The van der Waals surface area contributed by atoms with Gasteiger partial charge in [0.15, 0.2) is 5.78 Å². The largest absolute Gasteiger partial charge is 0.304 e. The Balaban J connectivity index is 1.95. The molecule has 0 spiro atoms. The first-order chi connectivity index (χ1) is 7.66. The lowest BCUT2D eigenvalue weighted by Crippen LogP contribution is -2.50. The van der Waals surface area contributed by atoms with Crippen LogP contribution in [0.3, 0.4) is 0 Å². The number of hydrogen-bond acceptors (Lipinski definition) is 4. The highest BCUT2D eigenvalue weighted by atomic mass is 32.1. The van der Waals surface area contributed by atoms with Crippen LogP contribution in [0.4, 0.5) is 0 Å². The van der Waals surface area contributed by atoms with Gasteiger partial charge in [-0.3, -0.25) is 4.79 Å². The lowest BCUT2D eigenvalue weighted by atomic mass is 10.1. The van der Waals surface area contributed by atoms with Crippen LogP contribution >= 0.6 is 11.3 Å². The minimum Gasteiger partial charge on any atom is -0.304 e. The molecular weight excluding hydrogens is 220 g/mol. The van der Waals surface area contributed by atoms with Gasteiger partial charge in [0.2, 0.25) is 0 Å². The Hall–Kier alpha value is -0.710. The van der Waals surface area contributed by atoms with Gasteiger partial charge in [-0.1, -0.05) is 6.07 Å². The molecule has 0 saturated carbocycles. The Morgan fingerprint density at radius 1 is 1.50 bits per heavy atom. The van der Waals surface area contributed by atoms with Crippen molar-refractivity contribution in [1.29, 1.82) is 0 Å². The van der Waals surface area contributed by atoms with Crippen molar-refractivity contribution in [2.24, 2.45) is 0 Å². The summed E-state index contributed by atoms with van der Waals surface area (Å²) in [6.07, 6.45) is 0.640. The molecule has 1 fully saturated rings. The first-order valence-electron chi connectivity index (χ1n) is 5.62. The molecule has 2 rings (SSSR count). The van der Waals surface area contributed by atoms with Gasteiger partial charge >= 0.3 is 0 Å². The Bertz CT molecular complexity index is 350. The molecular formula is C12H18N2OS. The van der Waals surface area contributed by atoms with Crippen LogP contribution in [0.15, 0.2) is 17.5 Å². The van der Waals surface area contributed by atoms with Crippen LogP contribution in [-0.4, -0.2) is 55.4 Å². The molecule has 1 atom stereocenters. The monoisotopic (exact) mass is 238 g/mol. The van der Waals surface area contributed by atoms with Crippen LogP contribution in [-0.2, 0) is 0 Å². The lowest BCUT2D eigenvalue weighted by molar-refractivity contribution is 0.0813. The molecule has 1 aromatic heterocycles. The number of rotatable bonds is 3. The second-order valence-corrected chi connectivity index (χ2v) is 5.45. The first kappa shape index (κ1) is 11.8. The zero-order valence-electron chi connectivity index (χ0n) is 9.85. The van der Waals surface area contributed by atoms with Crippen LogP contribution in [0.1, 0.15) is 16.1 Å². The maximum Gasteiger partial charge on any atom is 0.174 e. The summed E-state index contributed by atoms with van der Waals surface area (Å²) in [7, 11) is 4.23. The Morgan fingerprint density at radius 2 is 2.31 bits per heavy atom. The van der Waals surface area contributed by atoms with E-state index in [4.69, 9.17) is 0 Å². The molecule has 1 unspecified atom stereocenters. The van der Waals surface area contributed by atoms with Crippen molar-refractivity contribution in [2.75, 3.05) is 33.7 Å². The molecule has 0 aliphatic carbocycles.